The molecule has 0 aromatic heterocycles. The summed E-state index contributed by atoms with van der Waals surface area (Å²) >= 11 is 0. The Hall–Kier alpha value is -1.91. The van der Waals surface area contributed by atoms with Crippen LogP contribution < -0.4 is 0 Å². The molecule has 4 heteroatoms. The molecule has 1 heterocycles. The first-order valence-corrected chi connectivity index (χ1v) is 9.32. The maximum Gasteiger partial charge on any atom is 0.112 e. The summed E-state index contributed by atoms with van der Waals surface area (Å²) in [5.41, 5.74) is 2.33. The summed E-state index contributed by atoms with van der Waals surface area (Å²) in [6.07, 6.45) is 12.3. The van der Waals surface area contributed by atoms with Gasteiger partial charge in [-0.25, -0.2) is 0 Å². The highest BCUT2D eigenvalue weighted by atomic mass is 32.2. The van der Waals surface area contributed by atoms with Crippen LogP contribution in [-0.4, -0.2) is 33.5 Å². The minimum absolute atomic E-state index is 0.00613. The molecular weight excluding hydrogens is 320 g/mol. The third-order valence-electron chi connectivity index (χ3n) is 3.37. The van der Waals surface area contributed by atoms with Crippen molar-refractivity contribution in [3.05, 3.63) is 85.3 Å². The highest BCUT2D eigenvalue weighted by Crippen LogP contribution is 2.16. The topological polar surface area (TPSA) is 46.5 Å². The van der Waals surface area contributed by atoms with Gasteiger partial charge in [0.2, 0.25) is 0 Å². The van der Waals surface area contributed by atoms with Crippen LogP contribution in [0.1, 0.15) is 12.8 Å². The summed E-state index contributed by atoms with van der Waals surface area (Å²) < 4.78 is 17.0. The van der Waals surface area contributed by atoms with Gasteiger partial charge in [-0.2, -0.15) is 0 Å². The number of hydrogen-bond donors (Lipinski definition) is 1. The fourth-order valence-electron chi connectivity index (χ4n) is 1.96. The minimum Gasteiger partial charge on any atom is -0.490 e. The van der Waals surface area contributed by atoms with Crippen molar-refractivity contribution in [1.82, 2.24) is 0 Å². The summed E-state index contributed by atoms with van der Waals surface area (Å²) in [4.78, 5) is 0. The van der Waals surface area contributed by atoms with E-state index in [4.69, 9.17) is 9.84 Å². The van der Waals surface area contributed by atoms with Crippen LogP contribution in [0.3, 0.4) is 0 Å². The van der Waals surface area contributed by atoms with Gasteiger partial charge < -0.3 is 9.84 Å². The van der Waals surface area contributed by atoms with Crippen molar-refractivity contribution in [3.63, 3.8) is 0 Å². The Balaban J connectivity index is 2.42. The molecule has 3 nitrogen and oxygen atoms in total. The molecular formula is C20H26O3S. The highest BCUT2D eigenvalue weighted by Gasteiger charge is 2.22. The van der Waals surface area contributed by atoms with Gasteiger partial charge in [0.15, 0.2) is 0 Å². The second kappa shape index (κ2) is 10.8. The van der Waals surface area contributed by atoms with E-state index in [1.54, 1.807) is 12.2 Å². The molecule has 1 unspecified atom stereocenters. The SMILES string of the molecule is C=C(/C=C\C(=C)C(=C)/C=C\C(=C)O[C@H]1CCS(=O)C1)/C=C/CCO. The standard InChI is InChI=1S/C20H26O3S/c1-16(7-5-6-13-21)8-9-17(2)18(3)10-11-19(4)23-20-12-14-24(22)15-20/h5,7-11,20-21H,1-4,6,12-15H2/b7-5+,9-8-,11-10-/t20-,24?/m0/s1. The molecule has 130 valence electrons. The molecule has 0 amide bonds. The lowest BCUT2D eigenvalue weighted by Gasteiger charge is -2.11. The molecule has 0 aliphatic carbocycles. The third kappa shape index (κ3) is 8.09. The van der Waals surface area contributed by atoms with Gasteiger partial charge in [0.05, 0.1) is 5.75 Å². The van der Waals surface area contributed by atoms with Gasteiger partial charge in [-0.1, -0.05) is 56.7 Å². The van der Waals surface area contributed by atoms with Crippen LogP contribution in [0.2, 0.25) is 0 Å². The fraction of sp³-hybridized carbons (Fsp3) is 0.300. The van der Waals surface area contributed by atoms with Gasteiger partial charge in [-0.05, 0) is 35.6 Å². The maximum atomic E-state index is 11.3. The van der Waals surface area contributed by atoms with Gasteiger partial charge in [0.1, 0.15) is 11.9 Å². The van der Waals surface area contributed by atoms with Gasteiger partial charge >= 0.3 is 0 Å². The Morgan fingerprint density at radius 3 is 2.33 bits per heavy atom. The molecule has 0 radical (unpaired) electrons. The van der Waals surface area contributed by atoms with E-state index in [2.05, 4.69) is 26.3 Å². The van der Waals surface area contributed by atoms with Crippen molar-refractivity contribution in [2.24, 2.45) is 0 Å². The van der Waals surface area contributed by atoms with Crippen molar-refractivity contribution in [2.45, 2.75) is 18.9 Å². The van der Waals surface area contributed by atoms with Crippen molar-refractivity contribution in [1.29, 1.82) is 0 Å². The van der Waals surface area contributed by atoms with E-state index < -0.39 is 10.8 Å². The van der Waals surface area contributed by atoms with E-state index in [1.807, 2.05) is 24.3 Å². The van der Waals surface area contributed by atoms with E-state index in [0.717, 1.165) is 23.1 Å². The van der Waals surface area contributed by atoms with E-state index >= 15 is 0 Å². The van der Waals surface area contributed by atoms with Crippen LogP contribution in [0, 0.1) is 0 Å². The Morgan fingerprint density at radius 2 is 1.75 bits per heavy atom. The van der Waals surface area contributed by atoms with E-state index in [-0.39, 0.29) is 12.7 Å². The molecule has 0 aromatic rings. The van der Waals surface area contributed by atoms with Crippen LogP contribution in [0.25, 0.3) is 0 Å². The van der Waals surface area contributed by atoms with Gasteiger partial charge in [0.25, 0.3) is 0 Å². The lowest BCUT2D eigenvalue weighted by atomic mass is 10.1. The lowest BCUT2D eigenvalue weighted by Crippen LogP contribution is -2.11. The number of allylic oxidation sites excluding steroid dienone is 8. The van der Waals surface area contributed by atoms with Crippen LogP contribution in [0.15, 0.2) is 85.3 Å². The van der Waals surface area contributed by atoms with Crippen molar-refractivity contribution in [2.75, 3.05) is 18.1 Å². The first-order chi connectivity index (χ1) is 11.4. The van der Waals surface area contributed by atoms with E-state index in [0.29, 0.717) is 23.7 Å². The minimum atomic E-state index is -0.759. The average Bonchev–Trinajstić information content (AvgIpc) is 2.95. The number of ether oxygens (including phenoxy) is 1. The number of aliphatic hydroxyl groups excluding tert-OH is 1. The largest absolute Gasteiger partial charge is 0.490 e. The fourth-order valence-corrected chi connectivity index (χ4v) is 3.31. The maximum absolute atomic E-state index is 11.3. The Bertz CT molecular complexity index is 608. The Labute approximate surface area is 147 Å². The smallest absolute Gasteiger partial charge is 0.112 e. The molecule has 1 N–H and O–H groups in total. The molecule has 1 aliphatic heterocycles. The zero-order chi connectivity index (χ0) is 17.9. The monoisotopic (exact) mass is 346 g/mol. The summed E-state index contributed by atoms with van der Waals surface area (Å²) in [5, 5.41) is 8.71. The summed E-state index contributed by atoms with van der Waals surface area (Å²) in [5.74, 6) is 1.81. The van der Waals surface area contributed by atoms with Crippen molar-refractivity contribution in [3.8, 4) is 0 Å². The van der Waals surface area contributed by atoms with Gasteiger partial charge in [-0.15, -0.1) is 0 Å². The van der Waals surface area contributed by atoms with Crippen LogP contribution in [0.5, 0.6) is 0 Å². The van der Waals surface area contributed by atoms with E-state index in [9.17, 15) is 4.21 Å². The van der Waals surface area contributed by atoms with Crippen LogP contribution in [0.4, 0.5) is 0 Å². The average molecular weight is 346 g/mol. The lowest BCUT2D eigenvalue weighted by molar-refractivity contribution is 0.148. The summed E-state index contributed by atoms with van der Waals surface area (Å²) in [6, 6.07) is 0. The van der Waals surface area contributed by atoms with Crippen molar-refractivity contribution >= 4 is 10.8 Å². The first-order valence-electron chi connectivity index (χ1n) is 7.83. The van der Waals surface area contributed by atoms with Gasteiger partial charge in [-0.3, -0.25) is 4.21 Å². The van der Waals surface area contributed by atoms with E-state index in [1.165, 1.54) is 0 Å². The molecule has 0 saturated carbocycles. The number of rotatable bonds is 10. The number of aliphatic hydroxyl groups is 1. The van der Waals surface area contributed by atoms with Crippen LogP contribution in [-0.2, 0) is 15.5 Å². The van der Waals surface area contributed by atoms with Crippen molar-refractivity contribution < 1.29 is 14.1 Å². The Morgan fingerprint density at radius 1 is 1.08 bits per heavy atom. The quantitative estimate of drug-likeness (QED) is 0.484. The predicted octanol–water partition coefficient (Wildman–Crippen LogP) is 3.76. The molecule has 1 rings (SSSR count). The van der Waals surface area contributed by atoms with Gasteiger partial charge in [0, 0.05) is 23.2 Å². The first kappa shape index (κ1) is 20.1. The third-order valence-corrected chi connectivity index (χ3v) is 4.80. The number of hydrogen-bond acceptors (Lipinski definition) is 3. The zero-order valence-corrected chi connectivity index (χ0v) is 14.9. The van der Waals surface area contributed by atoms with Crippen LogP contribution >= 0.6 is 0 Å². The summed E-state index contributed by atoms with van der Waals surface area (Å²) in [6.45, 7) is 15.8. The summed E-state index contributed by atoms with van der Waals surface area (Å²) in [7, 11) is -0.759. The highest BCUT2D eigenvalue weighted by molar-refractivity contribution is 7.85. The molecule has 24 heavy (non-hydrogen) atoms. The molecule has 0 bridgehead atoms. The molecule has 2 atom stereocenters. The predicted molar refractivity (Wildman–Crippen MR) is 103 cm³/mol. The zero-order valence-electron chi connectivity index (χ0n) is 14.1. The Kier molecular flexibility index (Phi) is 9.05. The molecule has 1 saturated heterocycles. The molecule has 0 spiro atoms. The molecule has 1 aliphatic rings. The normalized spacial score (nSPS) is 20.9. The molecule has 1 fully saturated rings. The second-order valence-electron chi connectivity index (χ2n) is 5.51. The molecule has 0 aromatic carbocycles. The second-order valence-corrected chi connectivity index (χ2v) is 7.13.